The number of ether oxygens (including phenoxy) is 1. The maximum Gasteiger partial charge on any atom is 0.314 e. The second-order valence-corrected chi connectivity index (χ2v) is 4.41. The third kappa shape index (κ3) is 3.17. The van der Waals surface area contributed by atoms with Gasteiger partial charge in [-0.3, -0.25) is 10.1 Å². The van der Waals surface area contributed by atoms with Gasteiger partial charge in [0.25, 0.3) is 0 Å². The number of rotatable bonds is 5. The number of hydrogen-bond donors (Lipinski definition) is 1. The molecule has 0 fully saturated rings. The molecule has 0 amide bonds. The summed E-state index contributed by atoms with van der Waals surface area (Å²) in [4.78, 5) is 10.2. The molecule has 0 saturated carbocycles. The van der Waals surface area contributed by atoms with Crippen LogP contribution in [0.1, 0.15) is 25.0 Å². The minimum Gasteiger partial charge on any atom is -0.447 e. The Morgan fingerprint density at radius 1 is 1.29 bits per heavy atom. The van der Waals surface area contributed by atoms with E-state index in [9.17, 15) is 19.6 Å². The van der Waals surface area contributed by atoms with Crippen LogP contribution in [-0.4, -0.2) is 10.0 Å². The fourth-order valence-corrected chi connectivity index (χ4v) is 1.92. The third-order valence-electron chi connectivity index (χ3n) is 3.02. The molecular formula is C15H14FNO4. The Balaban J connectivity index is 2.46. The fourth-order valence-electron chi connectivity index (χ4n) is 1.92. The first-order chi connectivity index (χ1) is 10.0. The Kier molecular flexibility index (Phi) is 4.49. The molecule has 0 saturated heterocycles. The molecule has 110 valence electrons. The molecule has 1 unspecified atom stereocenters. The number of aliphatic hydroxyl groups is 1. The second-order valence-electron chi connectivity index (χ2n) is 4.41. The summed E-state index contributed by atoms with van der Waals surface area (Å²) in [6.07, 6.45) is -0.341. The largest absolute Gasteiger partial charge is 0.447 e. The molecule has 2 rings (SSSR count). The van der Waals surface area contributed by atoms with E-state index in [0.717, 1.165) is 12.1 Å². The van der Waals surface area contributed by atoms with Crippen molar-refractivity contribution in [2.75, 3.05) is 0 Å². The standard InChI is InChI=1S/C15H14FNO4/c1-2-13(18)10-6-3-4-9-14(10)21-15-11(16)7-5-8-12(15)17(19)20/h3-9,13,18H,2H2,1H3. The third-order valence-corrected chi connectivity index (χ3v) is 3.02. The van der Waals surface area contributed by atoms with Crippen molar-refractivity contribution in [2.45, 2.75) is 19.4 Å². The van der Waals surface area contributed by atoms with Crippen molar-refractivity contribution < 1.29 is 19.2 Å². The lowest BCUT2D eigenvalue weighted by atomic mass is 10.1. The molecule has 0 bridgehead atoms. The van der Waals surface area contributed by atoms with E-state index in [1.54, 1.807) is 25.1 Å². The van der Waals surface area contributed by atoms with E-state index in [2.05, 4.69) is 0 Å². The normalized spacial score (nSPS) is 12.0. The lowest BCUT2D eigenvalue weighted by Crippen LogP contribution is -2.01. The number of halogens is 1. The monoisotopic (exact) mass is 291 g/mol. The highest BCUT2D eigenvalue weighted by Gasteiger charge is 2.22. The van der Waals surface area contributed by atoms with E-state index in [4.69, 9.17) is 4.74 Å². The number of nitrogens with zero attached hydrogens (tertiary/aromatic N) is 1. The lowest BCUT2D eigenvalue weighted by molar-refractivity contribution is -0.385. The quantitative estimate of drug-likeness (QED) is 0.668. The smallest absolute Gasteiger partial charge is 0.314 e. The average molecular weight is 291 g/mol. The molecular weight excluding hydrogens is 277 g/mol. The molecule has 0 aliphatic carbocycles. The van der Waals surface area contributed by atoms with Crippen LogP contribution in [-0.2, 0) is 0 Å². The van der Waals surface area contributed by atoms with Crippen LogP contribution in [0.25, 0.3) is 0 Å². The van der Waals surface area contributed by atoms with Crippen LogP contribution in [0.3, 0.4) is 0 Å². The number of nitro benzene ring substituents is 1. The van der Waals surface area contributed by atoms with Crippen molar-refractivity contribution in [3.63, 3.8) is 0 Å². The Morgan fingerprint density at radius 3 is 2.67 bits per heavy atom. The number of nitro groups is 1. The topological polar surface area (TPSA) is 72.6 Å². The number of benzene rings is 2. The first-order valence-electron chi connectivity index (χ1n) is 6.42. The Bertz CT molecular complexity index is 660. The minimum absolute atomic E-state index is 0.194. The van der Waals surface area contributed by atoms with E-state index >= 15 is 0 Å². The maximum absolute atomic E-state index is 13.8. The number of aliphatic hydroxyl groups excluding tert-OH is 1. The van der Waals surface area contributed by atoms with Gasteiger partial charge >= 0.3 is 5.69 Å². The van der Waals surface area contributed by atoms with Gasteiger partial charge in [0, 0.05) is 11.6 Å². The summed E-state index contributed by atoms with van der Waals surface area (Å²) in [5, 5.41) is 20.9. The molecule has 0 radical (unpaired) electrons. The van der Waals surface area contributed by atoms with Gasteiger partial charge in [-0.25, -0.2) is 4.39 Å². The highest BCUT2D eigenvalue weighted by molar-refractivity contribution is 5.50. The first-order valence-corrected chi connectivity index (χ1v) is 6.42. The Labute approximate surface area is 120 Å². The van der Waals surface area contributed by atoms with Crippen LogP contribution in [0.4, 0.5) is 10.1 Å². The van der Waals surface area contributed by atoms with Gasteiger partial charge < -0.3 is 9.84 Å². The Morgan fingerprint density at radius 2 is 2.00 bits per heavy atom. The molecule has 0 aromatic heterocycles. The van der Waals surface area contributed by atoms with E-state index in [-0.39, 0.29) is 5.75 Å². The Hall–Kier alpha value is -2.47. The minimum atomic E-state index is -0.829. The lowest BCUT2D eigenvalue weighted by Gasteiger charge is -2.14. The molecule has 5 nitrogen and oxygen atoms in total. The molecule has 1 N–H and O–H groups in total. The van der Waals surface area contributed by atoms with Gasteiger partial charge in [0.1, 0.15) is 5.75 Å². The van der Waals surface area contributed by atoms with Gasteiger partial charge in [0.2, 0.25) is 5.75 Å². The van der Waals surface area contributed by atoms with Gasteiger partial charge in [-0.05, 0) is 18.6 Å². The summed E-state index contributed by atoms with van der Waals surface area (Å²) in [7, 11) is 0. The molecule has 2 aromatic carbocycles. The zero-order valence-electron chi connectivity index (χ0n) is 11.3. The maximum atomic E-state index is 13.8. The zero-order chi connectivity index (χ0) is 15.4. The summed E-state index contributed by atoms with van der Waals surface area (Å²) in [5.41, 5.74) is -0.00616. The summed E-state index contributed by atoms with van der Waals surface area (Å²) in [6, 6.07) is 10.0. The van der Waals surface area contributed by atoms with Crippen LogP contribution < -0.4 is 4.74 Å². The van der Waals surface area contributed by atoms with Crippen molar-refractivity contribution in [1.29, 1.82) is 0 Å². The SMILES string of the molecule is CCC(O)c1ccccc1Oc1c(F)cccc1[N+](=O)[O-]. The second kappa shape index (κ2) is 6.32. The van der Waals surface area contributed by atoms with Gasteiger partial charge in [0.05, 0.1) is 11.0 Å². The van der Waals surface area contributed by atoms with Crippen molar-refractivity contribution >= 4 is 5.69 Å². The number of hydrogen-bond acceptors (Lipinski definition) is 4. The van der Waals surface area contributed by atoms with Crippen molar-refractivity contribution in [3.05, 3.63) is 64.0 Å². The van der Waals surface area contributed by atoms with E-state index in [1.807, 2.05) is 0 Å². The van der Waals surface area contributed by atoms with E-state index in [1.165, 1.54) is 12.1 Å². The van der Waals surface area contributed by atoms with Crippen molar-refractivity contribution in [3.8, 4) is 11.5 Å². The molecule has 0 heterocycles. The van der Waals surface area contributed by atoms with Gasteiger partial charge in [-0.1, -0.05) is 31.2 Å². The molecule has 0 spiro atoms. The van der Waals surface area contributed by atoms with Crippen LogP contribution in [0.2, 0.25) is 0 Å². The average Bonchev–Trinajstić information content (AvgIpc) is 2.48. The van der Waals surface area contributed by atoms with Crippen LogP contribution in [0.15, 0.2) is 42.5 Å². The summed E-state index contributed by atoms with van der Waals surface area (Å²) in [5.74, 6) is -1.09. The summed E-state index contributed by atoms with van der Waals surface area (Å²) < 4.78 is 19.2. The number of para-hydroxylation sites is 2. The van der Waals surface area contributed by atoms with Crippen LogP contribution in [0, 0.1) is 15.9 Å². The van der Waals surface area contributed by atoms with Gasteiger partial charge in [0.15, 0.2) is 5.82 Å². The van der Waals surface area contributed by atoms with Gasteiger partial charge in [-0.2, -0.15) is 0 Å². The van der Waals surface area contributed by atoms with Crippen molar-refractivity contribution in [1.82, 2.24) is 0 Å². The van der Waals surface area contributed by atoms with Crippen LogP contribution >= 0.6 is 0 Å². The molecule has 6 heteroatoms. The molecule has 21 heavy (non-hydrogen) atoms. The predicted octanol–water partition coefficient (Wildman–Crippen LogP) is 3.97. The predicted molar refractivity (Wildman–Crippen MR) is 74.8 cm³/mol. The molecule has 2 aromatic rings. The molecule has 0 aliphatic heterocycles. The first kappa shape index (κ1) is 14.9. The molecule has 1 atom stereocenters. The van der Waals surface area contributed by atoms with E-state index in [0.29, 0.717) is 12.0 Å². The highest BCUT2D eigenvalue weighted by atomic mass is 19.1. The molecule has 0 aliphatic rings. The zero-order valence-corrected chi connectivity index (χ0v) is 11.3. The highest BCUT2D eigenvalue weighted by Crippen LogP contribution is 2.37. The summed E-state index contributed by atoms with van der Waals surface area (Å²) >= 11 is 0. The fraction of sp³-hybridized carbons (Fsp3) is 0.200. The van der Waals surface area contributed by atoms with Crippen molar-refractivity contribution in [2.24, 2.45) is 0 Å². The van der Waals surface area contributed by atoms with E-state index < -0.39 is 28.3 Å². The summed E-state index contributed by atoms with van der Waals surface area (Å²) in [6.45, 7) is 1.78. The van der Waals surface area contributed by atoms with Crippen LogP contribution in [0.5, 0.6) is 11.5 Å². The van der Waals surface area contributed by atoms with Gasteiger partial charge in [-0.15, -0.1) is 0 Å².